The molecule has 0 saturated heterocycles. The molecule has 0 aliphatic heterocycles. The second-order valence-corrected chi connectivity index (χ2v) is 10.2. The normalized spacial score (nSPS) is 13.8. The van der Waals surface area contributed by atoms with E-state index in [2.05, 4.69) is 22.0 Å². The lowest BCUT2D eigenvalue weighted by Crippen LogP contribution is -2.27. The molecule has 1 heterocycles. The molecular formula is C36H44N4O6. The van der Waals surface area contributed by atoms with Crippen molar-refractivity contribution in [3.8, 4) is 0 Å². The highest BCUT2D eigenvalue weighted by Crippen LogP contribution is 2.22. The van der Waals surface area contributed by atoms with E-state index in [0.717, 1.165) is 22.4 Å². The van der Waals surface area contributed by atoms with E-state index in [1.165, 1.54) is 0 Å². The number of carbonyl (C=O) groups is 1. The van der Waals surface area contributed by atoms with Crippen LogP contribution in [0, 0.1) is 0 Å². The van der Waals surface area contributed by atoms with Crippen molar-refractivity contribution in [2.75, 3.05) is 26.4 Å². The zero-order valence-electron chi connectivity index (χ0n) is 26.9. The monoisotopic (exact) mass is 628 g/mol. The molecule has 10 nitrogen and oxygen atoms in total. The van der Waals surface area contributed by atoms with Crippen molar-refractivity contribution in [2.45, 2.75) is 52.6 Å². The van der Waals surface area contributed by atoms with Gasteiger partial charge >= 0.3 is 0 Å². The summed E-state index contributed by atoms with van der Waals surface area (Å²) in [5.74, 6) is 1.48. The molecular weight excluding hydrogens is 584 g/mol. The van der Waals surface area contributed by atoms with Gasteiger partial charge in [0, 0.05) is 49.9 Å². The number of hydrogen-bond acceptors (Lipinski definition) is 8. The number of benzene rings is 1. The summed E-state index contributed by atoms with van der Waals surface area (Å²) in [6.45, 7) is 11.6. The molecule has 0 radical (unpaired) electrons. The van der Waals surface area contributed by atoms with Gasteiger partial charge in [-0.1, -0.05) is 73.3 Å². The molecule has 2 aromatic rings. The summed E-state index contributed by atoms with van der Waals surface area (Å²) in [6, 6.07) is 7.75. The summed E-state index contributed by atoms with van der Waals surface area (Å²) in [5, 5.41) is 14.9. The van der Waals surface area contributed by atoms with Gasteiger partial charge in [0.25, 0.3) is 5.56 Å². The highest BCUT2D eigenvalue weighted by Gasteiger charge is 2.16. The van der Waals surface area contributed by atoms with Gasteiger partial charge in [0.2, 0.25) is 6.41 Å². The smallest absolute Gasteiger partial charge is 0.261 e. The van der Waals surface area contributed by atoms with Crippen molar-refractivity contribution < 1.29 is 24.2 Å². The maximum absolute atomic E-state index is 13.9. The minimum atomic E-state index is -0.240. The molecule has 46 heavy (non-hydrogen) atoms. The van der Waals surface area contributed by atoms with Crippen LogP contribution in [0.1, 0.15) is 56.1 Å². The Hall–Kier alpha value is -4.80. The molecule has 2 N–H and O–H groups in total. The van der Waals surface area contributed by atoms with E-state index in [9.17, 15) is 14.8 Å². The summed E-state index contributed by atoms with van der Waals surface area (Å²) in [5.41, 5.74) is 3.79. The van der Waals surface area contributed by atoms with Gasteiger partial charge in [-0.15, -0.1) is 0 Å². The minimum Gasteiger partial charge on any atom is -0.486 e. The molecule has 0 atom stereocenters. The van der Waals surface area contributed by atoms with Gasteiger partial charge in [-0.2, -0.15) is 0 Å². The standard InChI is InChI=1S/C36H44N4O6/c1-5-9-10-12-29(22-34(39-43)38-26-41)28-17-15-27(16-18-28)21-30-23-37-35(6-2)40(36(30)42)31-13-11-14-32(20-19-31)46-33(24-44-7-3)25-45-8-4/h5,9-10,12-20,23,26,33,43H,1,6-8,11,21-22,24-25H2,2-4H3,(H,38,39,41)/b10-9-,29-12+. The van der Waals surface area contributed by atoms with Crippen molar-refractivity contribution in [2.24, 2.45) is 5.16 Å². The van der Waals surface area contributed by atoms with E-state index in [4.69, 9.17) is 14.2 Å². The molecule has 0 saturated carbocycles. The molecule has 10 heteroatoms. The molecule has 1 aromatic heterocycles. The van der Waals surface area contributed by atoms with Crippen LogP contribution in [0.4, 0.5) is 0 Å². The van der Waals surface area contributed by atoms with Crippen LogP contribution in [0.3, 0.4) is 0 Å². The van der Waals surface area contributed by atoms with E-state index in [1.54, 1.807) is 22.9 Å². The fourth-order valence-corrected chi connectivity index (χ4v) is 4.75. The lowest BCUT2D eigenvalue weighted by Gasteiger charge is -2.19. The van der Waals surface area contributed by atoms with Crippen molar-refractivity contribution in [1.29, 1.82) is 0 Å². The van der Waals surface area contributed by atoms with Crippen LogP contribution in [0.25, 0.3) is 11.3 Å². The van der Waals surface area contributed by atoms with Crippen molar-refractivity contribution in [1.82, 2.24) is 14.9 Å². The SMILES string of the molecule is C=C/C=C\C=C(/C/C(=N/O)NC=O)c1ccc(Cc2cnc(CC)n(C3=CCC=C(OC(COCC)COCC)C=C3)c2=O)cc1. The first-order chi connectivity index (χ1) is 22.5. The predicted octanol–water partition coefficient (Wildman–Crippen LogP) is 5.59. The van der Waals surface area contributed by atoms with Crippen LogP contribution < -0.4 is 10.9 Å². The van der Waals surface area contributed by atoms with Gasteiger partial charge in [0.15, 0.2) is 5.84 Å². The van der Waals surface area contributed by atoms with Crippen LogP contribution in [-0.2, 0) is 31.8 Å². The van der Waals surface area contributed by atoms with Gasteiger partial charge < -0.3 is 24.7 Å². The van der Waals surface area contributed by atoms with E-state index in [-0.39, 0.29) is 23.9 Å². The first-order valence-corrected chi connectivity index (χ1v) is 15.5. The number of carbonyl (C=O) groups excluding carboxylic acids is 1. The summed E-state index contributed by atoms with van der Waals surface area (Å²) in [7, 11) is 0. The van der Waals surface area contributed by atoms with E-state index < -0.39 is 0 Å². The topological polar surface area (TPSA) is 124 Å². The summed E-state index contributed by atoms with van der Waals surface area (Å²) < 4.78 is 19.0. The van der Waals surface area contributed by atoms with Crippen molar-refractivity contribution in [3.05, 3.63) is 124 Å². The lowest BCUT2D eigenvalue weighted by atomic mass is 9.98. The van der Waals surface area contributed by atoms with E-state index in [0.29, 0.717) is 69.2 Å². The molecule has 0 fully saturated rings. The van der Waals surface area contributed by atoms with Gasteiger partial charge in [0.05, 0.1) is 13.2 Å². The number of amides is 1. The Kier molecular flexibility index (Phi) is 15.2. The number of rotatable bonds is 18. The summed E-state index contributed by atoms with van der Waals surface area (Å²) >= 11 is 0. The van der Waals surface area contributed by atoms with Gasteiger partial charge in [0.1, 0.15) is 17.7 Å². The van der Waals surface area contributed by atoms with E-state index >= 15 is 0 Å². The fourth-order valence-electron chi connectivity index (χ4n) is 4.75. The number of oxime groups is 1. The van der Waals surface area contributed by atoms with Crippen molar-refractivity contribution >= 4 is 23.5 Å². The lowest BCUT2D eigenvalue weighted by molar-refractivity contribution is -0.108. The van der Waals surface area contributed by atoms with E-state index in [1.807, 2.05) is 81.5 Å². The zero-order valence-corrected chi connectivity index (χ0v) is 26.9. The number of amidine groups is 1. The molecule has 1 aliphatic carbocycles. The Labute approximate surface area is 270 Å². The molecule has 3 rings (SSSR count). The quantitative estimate of drug-likeness (QED) is 0.0551. The Balaban J connectivity index is 1.83. The van der Waals surface area contributed by atoms with Crippen LogP contribution in [0.15, 0.2) is 101 Å². The number of nitrogens with one attached hydrogen (secondary N) is 1. The van der Waals surface area contributed by atoms with Crippen LogP contribution in [0.5, 0.6) is 0 Å². The van der Waals surface area contributed by atoms with Crippen molar-refractivity contribution in [3.63, 3.8) is 0 Å². The third kappa shape index (κ3) is 10.7. The minimum absolute atomic E-state index is 0.117. The fraction of sp³-hybridized carbons (Fsp3) is 0.333. The third-order valence-corrected chi connectivity index (χ3v) is 7.03. The molecule has 1 aliphatic rings. The maximum Gasteiger partial charge on any atom is 0.261 e. The van der Waals surface area contributed by atoms with Crippen LogP contribution in [-0.4, -0.2) is 59.5 Å². The first-order valence-electron chi connectivity index (χ1n) is 15.5. The van der Waals surface area contributed by atoms with Crippen LogP contribution >= 0.6 is 0 Å². The average Bonchev–Trinajstić information content (AvgIpc) is 3.31. The second-order valence-electron chi connectivity index (χ2n) is 10.2. The predicted molar refractivity (Wildman–Crippen MR) is 181 cm³/mol. The summed E-state index contributed by atoms with van der Waals surface area (Å²) in [4.78, 5) is 29.4. The zero-order chi connectivity index (χ0) is 33.1. The number of hydrogen-bond donors (Lipinski definition) is 2. The van der Waals surface area contributed by atoms with Crippen LogP contribution in [0.2, 0.25) is 0 Å². The number of aryl methyl sites for hydroxylation is 1. The number of allylic oxidation sites excluding steroid dienone is 9. The number of ether oxygens (including phenoxy) is 3. The largest absolute Gasteiger partial charge is 0.486 e. The molecule has 244 valence electrons. The second kappa shape index (κ2) is 19.6. The first kappa shape index (κ1) is 35.7. The highest BCUT2D eigenvalue weighted by atomic mass is 16.6. The average molecular weight is 629 g/mol. The summed E-state index contributed by atoms with van der Waals surface area (Å²) in [6.07, 6.45) is 18.5. The Bertz CT molecular complexity index is 1540. The Morgan fingerprint density at radius 2 is 1.85 bits per heavy atom. The molecule has 0 spiro atoms. The molecule has 1 aromatic carbocycles. The molecule has 0 bridgehead atoms. The Morgan fingerprint density at radius 3 is 2.48 bits per heavy atom. The number of nitrogens with zero attached hydrogens (tertiary/aromatic N) is 3. The van der Waals surface area contributed by atoms with Gasteiger partial charge in [-0.05, 0) is 55.2 Å². The molecule has 1 amide bonds. The van der Waals surface area contributed by atoms with Gasteiger partial charge in [-0.25, -0.2) is 4.98 Å². The highest BCUT2D eigenvalue weighted by molar-refractivity contribution is 5.97. The third-order valence-electron chi connectivity index (χ3n) is 7.03. The molecule has 0 unspecified atom stereocenters. The van der Waals surface area contributed by atoms with Gasteiger partial charge in [-0.3, -0.25) is 14.2 Å². The number of aromatic nitrogens is 2. The Morgan fingerprint density at radius 1 is 1.11 bits per heavy atom. The maximum atomic E-state index is 13.9.